The molecule has 0 bridgehead atoms. The number of hydrogen-bond acceptors (Lipinski definition) is 7. The van der Waals surface area contributed by atoms with E-state index in [9.17, 15) is 24.2 Å². The smallest absolute Gasteiger partial charge is 0.457 e. The van der Waals surface area contributed by atoms with E-state index in [-0.39, 0.29) is 18.9 Å². The topological polar surface area (TPSA) is 131 Å². The molecule has 0 aromatic rings. The van der Waals surface area contributed by atoms with Gasteiger partial charge in [0.15, 0.2) is 0 Å². The first-order valence-corrected chi connectivity index (χ1v) is 29.6. The largest absolute Gasteiger partial charge is 0.472 e. The summed E-state index contributed by atoms with van der Waals surface area (Å²) in [5.41, 5.74) is 0. The van der Waals surface area contributed by atoms with Crippen molar-refractivity contribution in [2.24, 2.45) is 0 Å². The number of aliphatic hydroxyl groups excluding tert-OH is 1. The van der Waals surface area contributed by atoms with Gasteiger partial charge in [-0.3, -0.25) is 18.6 Å². The monoisotopic (exact) mass is 942 g/mol. The lowest BCUT2D eigenvalue weighted by Crippen LogP contribution is -2.33. The van der Waals surface area contributed by atoms with Crippen LogP contribution in [0.15, 0.2) is 12.2 Å². The van der Waals surface area contributed by atoms with Crippen molar-refractivity contribution in [2.75, 3.05) is 19.8 Å². The summed E-state index contributed by atoms with van der Waals surface area (Å²) in [6, 6.07) is 0. The van der Waals surface area contributed by atoms with E-state index in [4.69, 9.17) is 13.8 Å². The lowest BCUT2D eigenvalue weighted by atomic mass is 10.0. The molecule has 9 nitrogen and oxygen atoms in total. The van der Waals surface area contributed by atoms with E-state index in [2.05, 4.69) is 38.2 Å². The summed E-state index contributed by atoms with van der Waals surface area (Å²) in [6.45, 7) is 5.90. The number of carbonyl (C=O) groups is 2. The van der Waals surface area contributed by atoms with Gasteiger partial charge >= 0.3 is 13.8 Å². The highest BCUT2D eigenvalue weighted by Crippen LogP contribution is 2.45. The highest BCUT2D eigenvalue weighted by atomic mass is 31.2. The molecule has 0 spiro atoms. The number of esters is 1. The minimum absolute atomic E-state index is 0.0742. The molecule has 0 aromatic carbocycles. The second-order valence-corrected chi connectivity index (χ2v) is 20.7. The minimum Gasteiger partial charge on any atom is -0.457 e. The normalized spacial score (nSPS) is 13.6. The number of phosphoric acid groups is 1. The first-order valence-electron chi connectivity index (χ1n) is 28.2. The van der Waals surface area contributed by atoms with Crippen LogP contribution in [0.2, 0.25) is 0 Å². The third-order valence-corrected chi connectivity index (χ3v) is 13.8. The first kappa shape index (κ1) is 63.8. The van der Waals surface area contributed by atoms with E-state index in [1.54, 1.807) is 0 Å². The summed E-state index contributed by atoms with van der Waals surface area (Å²) in [6.07, 6.45) is 52.8. The maximum absolute atomic E-state index is 13.1. The maximum Gasteiger partial charge on any atom is 0.472 e. The Kier molecular flexibility index (Phi) is 49.6. The summed E-state index contributed by atoms with van der Waals surface area (Å²) < 4.78 is 29.4. The summed E-state index contributed by atoms with van der Waals surface area (Å²) in [7, 11) is -4.57. The lowest BCUT2D eigenvalue weighted by molar-refractivity contribution is -0.153. The SMILES string of the molecule is CCCCCCCC/C=C\CCCCCCCC(=O)O[C@H](CO)COP(=O)(O)OC(CCCCCCCCCCCCCCCC)CNC(=O)CCCCCCCCCCCCCCC. The Balaban J connectivity index is 4.58. The van der Waals surface area contributed by atoms with Crippen LogP contribution in [0.5, 0.6) is 0 Å². The van der Waals surface area contributed by atoms with Gasteiger partial charge in [-0.1, -0.05) is 251 Å². The molecule has 0 saturated carbocycles. The van der Waals surface area contributed by atoms with Crippen molar-refractivity contribution >= 4 is 19.7 Å². The number of amides is 1. The molecule has 0 aliphatic carbocycles. The van der Waals surface area contributed by atoms with Gasteiger partial charge in [0.2, 0.25) is 5.91 Å². The van der Waals surface area contributed by atoms with Crippen LogP contribution in [-0.4, -0.2) is 53.8 Å². The van der Waals surface area contributed by atoms with Crippen LogP contribution in [0.25, 0.3) is 0 Å². The molecule has 3 N–H and O–H groups in total. The van der Waals surface area contributed by atoms with Gasteiger partial charge in [0.1, 0.15) is 6.10 Å². The number of rotatable bonds is 53. The fourth-order valence-electron chi connectivity index (χ4n) is 8.48. The molecule has 0 radical (unpaired) electrons. The molecule has 0 saturated heterocycles. The van der Waals surface area contributed by atoms with Crippen LogP contribution in [0, 0.1) is 0 Å². The first-order chi connectivity index (χ1) is 31.8. The quantitative estimate of drug-likeness (QED) is 0.0238. The van der Waals surface area contributed by atoms with E-state index < -0.39 is 39.2 Å². The molecule has 0 fully saturated rings. The van der Waals surface area contributed by atoms with Crippen LogP contribution in [0.4, 0.5) is 0 Å². The molecular formula is C55H108NO8P. The van der Waals surface area contributed by atoms with E-state index >= 15 is 0 Å². The van der Waals surface area contributed by atoms with Crippen molar-refractivity contribution < 1.29 is 37.9 Å². The molecule has 10 heteroatoms. The molecule has 0 rings (SSSR count). The van der Waals surface area contributed by atoms with Gasteiger partial charge in [0.25, 0.3) is 0 Å². The highest BCUT2D eigenvalue weighted by molar-refractivity contribution is 7.47. The lowest BCUT2D eigenvalue weighted by Gasteiger charge is -2.23. The number of ether oxygens (including phenoxy) is 1. The van der Waals surface area contributed by atoms with Gasteiger partial charge in [-0.2, -0.15) is 0 Å². The predicted octanol–water partition coefficient (Wildman–Crippen LogP) is 16.9. The van der Waals surface area contributed by atoms with Crippen molar-refractivity contribution in [1.82, 2.24) is 5.32 Å². The fraction of sp³-hybridized carbons (Fsp3) is 0.927. The van der Waals surface area contributed by atoms with Gasteiger partial charge < -0.3 is 20.1 Å². The summed E-state index contributed by atoms with van der Waals surface area (Å²) in [4.78, 5) is 36.0. The summed E-state index contributed by atoms with van der Waals surface area (Å²) in [5.74, 6) is -0.532. The van der Waals surface area contributed by atoms with Crippen LogP contribution in [0.3, 0.4) is 0 Å². The third kappa shape index (κ3) is 49.0. The second kappa shape index (κ2) is 50.6. The van der Waals surface area contributed by atoms with Gasteiger partial charge in [0.05, 0.1) is 19.3 Å². The van der Waals surface area contributed by atoms with Gasteiger partial charge in [0, 0.05) is 19.4 Å². The molecule has 0 aliphatic rings. The van der Waals surface area contributed by atoms with Crippen LogP contribution < -0.4 is 5.32 Å². The molecule has 0 aromatic heterocycles. The van der Waals surface area contributed by atoms with E-state index in [1.165, 1.54) is 180 Å². The Morgan fingerprint density at radius 3 is 1.25 bits per heavy atom. The zero-order chi connectivity index (χ0) is 47.6. The summed E-state index contributed by atoms with van der Waals surface area (Å²) >= 11 is 0. The van der Waals surface area contributed by atoms with E-state index in [1.807, 2.05) is 0 Å². The van der Waals surface area contributed by atoms with Crippen molar-refractivity contribution in [3.05, 3.63) is 12.2 Å². The number of unbranched alkanes of at least 4 members (excludes halogenated alkanes) is 36. The Morgan fingerprint density at radius 1 is 0.492 bits per heavy atom. The highest BCUT2D eigenvalue weighted by Gasteiger charge is 2.29. The van der Waals surface area contributed by atoms with E-state index in [0.717, 1.165) is 70.6 Å². The summed E-state index contributed by atoms with van der Waals surface area (Å²) in [5, 5.41) is 12.8. The van der Waals surface area contributed by atoms with Crippen molar-refractivity contribution in [3.8, 4) is 0 Å². The van der Waals surface area contributed by atoms with Crippen LogP contribution in [-0.2, 0) is 27.9 Å². The molecule has 0 aliphatic heterocycles. The van der Waals surface area contributed by atoms with Crippen LogP contribution >= 0.6 is 7.82 Å². The molecule has 65 heavy (non-hydrogen) atoms. The number of aliphatic hydroxyl groups is 1. The predicted molar refractivity (Wildman–Crippen MR) is 275 cm³/mol. The number of allylic oxidation sites excluding steroid dienone is 2. The molecule has 2 unspecified atom stereocenters. The Bertz CT molecular complexity index is 1090. The number of hydrogen-bond donors (Lipinski definition) is 3. The Hall–Kier alpha value is -1.25. The van der Waals surface area contributed by atoms with Crippen molar-refractivity contribution in [2.45, 2.75) is 309 Å². The Labute approximate surface area is 402 Å². The zero-order valence-electron chi connectivity index (χ0n) is 43.1. The second-order valence-electron chi connectivity index (χ2n) is 19.3. The molecule has 3 atom stereocenters. The molecule has 1 amide bonds. The van der Waals surface area contributed by atoms with Gasteiger partial charge in [-0.25, -0.2) is 4.57 Å². The Morgan fingerprint density at radius 2 is 0.846 bits per heavy atom. The third-order valence-electron chi connectivity index (χ3n) is 12.8. The van der Waals surface area contributed by atoms with Crippen molar-refractivity contribution in [3.63, 3.8) is 0 Å². The fourth-order valence-corrected chi connectivity index (χ4v) is 9.46. The van der Waals surface area contributed by atoms with Gasteiger partial charge in [-0.05, 0) is 44.9 Å². The number of nitrogens with one attached hydrogen (secondary N) is 1. The minimum atomic E-state index is -4.57. The van der Waals surface area contributed by atoms with Crippen molar-refractivity contribution in [1.29, 1.82) is 0 Å². The average molecular weight is 942 g/mol. The molecule has 386 valence electrons. The number of phosphoric ester groups is 1. The number of carbonyl (C=O) groups excluding carboxylic acids is 2. The van der Waals surface area contributed by atoms with Gasteiger partial charge in [-0.15, -0.1) is 0 Å². The molecule has 0 heterocycles. The zero-order valence-corrected chi connectivity index (χ0v) is 44.0. The average Bonchev–Trinajstić information content (AvgIpc) is 3.29. The maximum atomic E-state index is 13.1. The van der Waals surface area contributed by atoms with Crippen LogP contribution in [0.1, 0.15) is 297 Å². The van der Waals surface area contributed by atoms with E-state index in [0.29, 0.717) is 19.3 Å². The standard InChI is InChI=1S/C55H108NO8P/c1-4-7-10-13-16-19-22-25-27-30-33-36-39-42-45-48-55(59)63-53(50-57)51-62-65(60,61)64-52(46-43-40-37-34-31-29-26-23-20-17-14-11-8-5-2)49-56-54(58)47-44-41-38-35-32-28-24-21-18-15-12-9-6-3/h25,27,52-53,57H,4-24,26,28-51H2,1-3H3,(H,56,58)(H,60,61)/b27-25-/t52?,53-/m1/s1. The molecular weight excluding hydrogens is 834 g/mol.